The Bertz CT molecular complexity index is 325. The zero-order valence-electron chi connectivity index (χ0n) is 6.69. The predicted molar refractivity (Wildman–Crippen MR) is 44.8 cm³/mol. The van der Waals surface area contributed by atoms with Gasteiger partial charge in [0.1, 0.15) is 5.75 Å². The van der Waals surface area contributed by atoms with Crippen LogP contribution in [-0.2, 0) is 4.79 Å². The van der Waals surface area contributed by atoms with Crippen LogP contribution in [0.3, 0.4) is 0 Å². The standard InChI is InChI=1S/C8H8N2O3/c9-10-8(12)6-3-1-2-4-7(6)13-5-11/h1-5H,9H2,(H,10,12). The number of nitrogens with two attached hydrogens (primary N) is 1. The fraction of sp³-hybridized carbons (Fsp3) is 0. The fourth-order valence-electron chi connectivity index (χ4n) is 0.887. The molecule has 1 rings (SSSR count). The summed E-state index contributed by atoms with van der Waals surface area (Å²) in [6.45, 7) is 0.253. The van der Waals surface area contributed by atoms with Crippen LogP contribution >= 0.6 is 0 Å². The molecule has 0 heterocycles. The summed E-state index contributed by atoms with van der Waals surface area (Å²) in [6.07, 6.45) is 0. The summed E-state index contributed by atoms with van der Waals surface area (Å²) in [5, 5.41) is 0. The van der Waals surface area contributed by atoms with Crippen LogP contribution in [0, 0.1) is 0 Å². The molecule has 0 aliphatic heterocycles. The van der Waals surface area contributed by atoms with Crippen LogP contribution in [0.2, 0.25) is 0 Å². The zero-order valence-corrected chi connectivity index (χ0v) is 6.69. The molecule has 0 saturated carbocycles. The van der Waals surface area contributed by atoms with E-state index in [1.54, 1.807) is 12.1 Å². The number of benzene rings is 1. The highest BCUT2D eigenvalue weighted by Gasteiger charge is 2.09. The molecule has 1 aromatic rings. The molecular formula is C8H8N2O3. The molecule has 0 aromatic heterocycles. The largest absolute Gasteiger partial charge is 0.428 e. The van der Waals surface area contributed by atoms with Crippen molar-refractivity contribution in [2.24, 2.45) is 5.84 Å². The lowest BCUT2D eigenvalue weighted by atomic mass is 10.2. The van der Waals surface area contributed by atoms with Gasteiger partial charge in [0.15, 0.2) is 0 Å². The summed E-state index contributed by atoms with van der Waals surface area (Å²) >= 11 is 0. The van der Waals surface area contributed by atoms with E-state index >= 15 is 0 Å². The van der Waals surface area contributed by atoms with E-state index in [4.69, 9.17) is 5.84 Å². The smallest absolute Gasteiger partial charge is 0.298 e. The Kier molecular flexibility index (Phi) is 2.99. The van der Waals surface area contributed by atoms with Crippen molar-refractivity contribution in [1.29, 1.82) is 0 Å². The van der Waals surface area contributed by atoms with Crippen LogP contribution in [0.1, 0.15) is 10.4 Å². The zero-order chi connectivity index (χ0) is 9.68. The van der Waals surface area contributed by atoms with Gasteiger partial charge in [0.2, 0.25) is 0 Å². The Balaban J connectivity index is 3.03. The predicted octanol–water partition coefficient (Wildman–Crippen LogP) is -0.175. The minimum absolute atomic E-state index is 0.181. The highest BCUT2D eigenvalue weighted by Crippen LogP contribution is 2.16. The van der Waals surface area contributed by atoms with Crippen molar-refractivity contribution in [3.63, 3.8) is 0 Å². The second-order valence-electron chi connectivity index (χ2n) is 2.18. The molecule has 0 atom stereocenters. The van der Waals surface area contributed by atoms with E-state index in [0.29, 0.717) is 0 Å². The maximum atomic E-state index is 11.1. The molecule has 0 spiro atoms. The quantitative estimate of drug-likeness (QED) is 0.293. The number of hydrogen-bond acceptors (Lipinski definition) is 4. The Morgan fingerprint density at radius 3 is 2.77 bits per heavy atom. The summed E-state index contributed by atoms with van der Waals surface area (Å²) in [6, 6.07) is 6.29. The summed E-state index contributed by atoms with van der Waals surface area (Å²) in [7, 11) is 0. The third-order valence-electron chi connectivity index (χ3n) is 1.44. The average molecular weight is 180 g/mol. The first-order chi connectivity index (χ1) is 6.29. The lowest BCUT2D eigenvalue weighted by Crippen LogP contribution is -2.30. The van der Waals surface area contributed by atoms with Crippen molar-refractivity contribution in [3.8, 4) is 5.75 Å². The molecule has 13 heavy (non-hydrogen) atoms. The molecule has 1 aromatic carbocycles. The van der Waals surface area contributed by atoms with Gasteiger partial charge in [-0.05, 0) is 12.1 Å². The number of nitrogen functional groups attached to an aromatic ring is 1. The van der Waals surface area contributed by atoms with Crippen molar-refractivity contribution in [2.75, 3.05) is 0 Å². The maximum absolute atomic E-state index is 11.1. The first kappa shape index (κ1) is 9.21. The minimum atomic E-state index is -0.502. The van der Waals surface area contributed by atoms with Crippen molar-refractivity contribution in [3.05, 3.63) is 29.8 Å². The number of amides is 1. The SMILES string of the molecule is NNC(=O)c1ccccc1OC=O. The van der Waals surface area contributed by atoms with Crippen LogP contribution in [0.25, 0.3) is 0 Å². The van der Waals surface area contributed by atoms with Crippen LogP contribution in [0.15, 0.2) is 24.3 Å². The second kappa shape index (κ2) is 4.22. The van der Waals surface area contributed by atoms with E-state index in [1.807, 2.05) is 5.43 Å². The van der Waals surface area contributed by atoms with E-state index in [2.05, 4.69) is 4.74 Å². The lowest BCUT2D eigenvalue weighted by Gasteiger charge is -2.04. The molecule has 0 radical (unpaired) electrons. The first-order valence-electron chi connectivity index (χ1n) is 3.50. The van der Waals surface area contributed by atoms with Crippen molar-refractivity contribution in [1.82, 2.24) is 5.43 Å². The Morgan fingerprint density at radius 1 is 1.46 bits per heavy atom. The van der Waals surface area contributed by atoms with Gasteiger partial charge in [-0.2, -0.15) is 0 Å². The molecule has 0 saturated heterocycles. The Labute approximate surface area is 74.5 Å². The minimum Gasteiger partial charge on any atom is -0.428 e. The third kappa shape index (κ3) is 2.03. The molecule has 5 heteroatoms. The van der Waals surface area contributed by atoms with Gasteiger partial charge in [-0.1, -0.05) is 12.1 Å². The molecule has 0 fully saturated rings. The summed E-state index contributed by atoms with van der Waals surface area (Å²) in [5.74, 6) is 4.60. The normalized spacial score (nSPS) is 9.00. The summed E-state index contributed by atoms with van der Waals surface area (Å²) in [4.78, 5) is 21.1. The van der Waals surface area contributed by atoms with Gasteiger partial charge < -0.3 is 4.74 Å². The monoisotopic (exact) mass is 180 g/mol. The van der Waals surface area contributed by atoms with Gasteiger partial charge in [-0.25, -0.2) is 5.84 Å². The van der Waals surface area contributed by atoms with E-state index in [0.717, 1.165) is 0 Å². The van der Waals surface area contributed by atoms with Crippen LogP contribution < -0.4 is 16.0 Å². The van der Waals surface area contributed by atoms with Crippen molar-refractivity contribution < 1.29 is 14.3 Å². The number of carbonyl (C=O) groups is 2. The van der Waals surface area contributed by atoms with Gasteiger partial charge in [0.25, 0.3) is 12.4 Å². The maximum Gasteiger partial charge on any atom is 0.298 e. The van der Waals surface area contributed by atoms with Crippen molar-refractivity contribution >= 4 is 12.4 Å². The first-order valence-corrected chi connectivity index (χ1v) is 3.50. The van der Waals surface area contributed by atoms with Gasteiger partial charge >= 0.3 is 0 Å². The number of para-hydroxylation sites is 1. The average Bonchev–Trinajstić information content (AvgIpc) is 2.18. The number of hydrogen-bond donors (Lipinski definition) is 2. The van der Waals surface area contributed by atoms with E-state index in [9.17, 15) is 9.59 Å². The topological polar surface area (TPSA) is 81.4 Å². The second-order valence-corrected chi connectivity index (χ2v) is 2.18. The Morgan fingerprint density at radius 2 is 2.15 bits per heavy atom. The van der Waals surface area contributed by atoms with Gasteiger partial charge in [-0.3, -0.25) is 15.0 Å². The molecule has 1 amide bonds. The van der Waals surface area contributed by atoms with Gasteiger partial charge in [0.05, 0.1) is 5.56 Å². The molecular weight excluding hydrogens is 172 g/mol. The Hall–Kier alpha value is -1.88. The van der Waals surface area contributed by atoms with E-state index in [1.165, 1.54) is 12.1 Å². The van der Waals surface area contributed by atoms with Crippen LogP contribution in [0.4, 0.5) is 0 Å². The molecule has 0 bridgehead atoms. The fourth-order valence-corrected chi connectivity index (χ4v) is 0.887. The van der Waals surface area contributed by atoms with E-state index < -0.39 is 5.91 Å². The molecule has 0 unspecified atom stereocenters. The van der Waals surface area contributed by atoms with Crippen LogP contribution in [0.5, 0.6) is 5.75 Å². The summed E-state index contributed by atoms with van der Waals surface area (Å²) in [5.41, 5.74) is 2.16. The number of rotatable bonds is 3. The highest BCUT2D eigenvalue weighted by atomic mass is 16.5. The number of nitrogens with one attached hydrogen (secondary N) is 1. The summed E-state index contributed by atoms with van der Waals surface area (Å²) < 4.78 is 4.56. The van der Waals surface area contributed by atoms with E-state index in [-0.39, 0.29) is 17.8 Å². The molecule has 3 N–H and O–H groups in total. The van der Waals surface area contributed by atoms with Crippen LogP contribution in [-0.4, -0.2) is 12.4 Å². The molecule has 0 aliphatic rings. The molecule has 0 aliphatic carbocycles. The van der Waals surface area contributed by atoms with Crippen molar-refractivity contribution in [2.45, 2.75) is 0 Å². The highest BCUT2D eigenvalue weighted by molar-refractivity contribution is 5.96. The molecule has 5 nitrogen and oxygen atoms in total. The molecule has 68 valence electrons. The lowest BCUT2D eigenvalue weighted by molar-refractivity contribution is -0.120. The van der Waals surface area contributed by atoms with Gasteiger partial charge in [-0.15, -0.1) is 0 Å². The number of ether oxygens (including phenoxy) is 1. The number of carbonyl (C=O) groups excluding carboxylic acids is 2. The number of hydrazine groups is 1. The van der Waals surface area contributed by atoms with Gasteiger partial charge in [0, 0.05) is 0 Å². The third-order valence-corrected chi connectivity index (χ3v) is 1.44.